The van der Waals surface area contributed by atoms with Crippen LogP contribution in [0.2, 0.25) is 0 Å². The molecule has 0 saturated carbocycles. The van der Waals surface area contributed by atoms with Gasteiger partial charge in [-0.3, -0.25) is 9.48 Å². The van der Waals surface area contributed by atoms with Crippen molar-refractivity contribution in [2.75, 3.05) is 26.7 Å². The summed E-state index contributed by atoms with van der Waals surface area (Å²) in [5, 5.41) is 7.10. The van der Waals surface area contributed by atoms with Crippen molar-refractivity contribution in [1.82, 2.24) is 24.9 Å². The van der Waals surface area contributed by atoms with Gasteiger partial charge in [-0.05, 0) is 24.1 Å². The number of likely N-dealkylation sites (tertiary alicyclic amines) is 1. The predicted octanol–water partition coefficient (Wildman–Crippen LogP) is 1.72. The second kappa shape index (κ2) is 7.18. The van der Waals surface area contributed by atoms with Gasteiger partial charge in [0.2, 0.25) is 0 Å². The van der Waals surface area contributed by atoms with E-state index in [1.807, 2.05) is 38.4 Å². The highest BCUT2D eigenvalue weighted by Crippen LogP contribution is 2.34. The van der Waals surface area contributed by atoms with Crippen LogP contribution in [-0.4, -0.2) is 70.3 Å². The molecule has 1 N–H and O–H groups in total. The molecule has 2 unspecified atom stereocenters. The summed E-state index contributed by atoms with van der Waals surface area (Å²) < 4.78 is 8.00. The molecule has 148 valence electrons. The first kappa shape index (κ1) is 18.3. The van der Waals surface area contributed by atoms with E-state index >= 15 is 0 Å². The fraction of sp³-hybridized carbons (Fsp3) is 0.450. The van der Waals surface area contributed by atoms with E-state index in [4.69, 9.17) is 4.74 Å². The number of benzene rings is 1. The van der Waals surface area contributed by atoms with Gasteiger partial charge in [-0.25, -0.2) is 4.79 Å². The third-order valence-electron chi connectivity index (χ3n) is 5.40. The van der Waals surface area contributed by atoms with E-state index < -0.39 is 0 Å². The number of amides is 3. The molecule has 1 saturated heterocycles. The minimum absolute atomic E-state index is 0.0870. The first-order valence-corrected chi connectivity index (χ1v) is 9.57. The third-order valence-corrected chi connectivity index (χ3v) is 5.40. The molecule has 8 nitrogen and oxygen atoms in total. The van der Waals surface area contributed by atoms with E-state index in [0.29, 0.717) is 30.9 Å². The molecular weight excluding hydrogens is 358 g/mol. The minimum Gasteiger partial charge on any atom is -0.485 e. The summed E-state index contributed by atoms with van der Waals surface area (Å²) in [6.07, 6.45) is 4.33. The normalized spacial score (nSPS) is 21.0. The molecule has 2 aliphatic heterocycles. The first-order chi connectivity index (χ1) is 13.5. The molecule has 2 aromatic rings. The summed E-state index contributed by atoms with van der Waals surface area (Å²) in [5.41, 5.74) is 2.45. The van der Waals surface area contributed by atoms with Crippen LogP contribution < -0.4 is 10.1 Å². The van der Waals surface area contributed by atoms with E-state index in [1.54, 1.807) is 27.7 Å². The van der Waals surface area contributed by atoms with Crippen LogP contribution in [0.4, 0.5) is 4.79 Å². The van der Waals surface area contributed by atoms with E-state index in [9.17, 15) is 9.59 Å². The molecule has 0 aliphatic carbocycles. The number of aromatic nitrogens is 2. The average Bonchev–Trinajstić information content (AvgIpc) is 3.29. The number of likely N-dealkylation sites (N-methyl/N-ethyl adjacent to an activating group) is 1. The molecule has 0 bridgehead atoms. The monoisotopic (exact) mass is 383 g/mol. The van der Waals surface area contributed by atoms with Gasteiger partial charge in [0.1, 0.15) is 11.9 Å². The SMILES string of the molecule is CCCNC(=O)N1CC2Oc3cc(-c4cnn(C)c4)ccc3C(=O)N(C)C2C1. The second-order valence-electron chi connectivity index (χ2n) is 7.39. The Bertz CT molecular complexity index is 909. The maximum Gasteiger partial charge on any atom is 0.317 e. The summed E-state index contributed by atoms with van der Waals surface area (Å²) in [7, 11) is 3.64. The zero-order valence-corrected chi connectivity index (χ0v) is 16.4. The highest BCUT2D eigenvalue weighted by atomic mass is 16.5. The Morgan fingerprint density at radius 2 is 2.11 bits per heavy atom. The summed E-state index contributed by atoms with van der Waals surface area (Å²) >= 11 is 0. The smallest absolute Gasteiger partial charge is 0.317 e. The van der Waals surface area contributed by atoms with Crippen LogP contribution in [0.5, 0.6) is 5.75 Å². The number of aryl methyl sites for hydroxylation is 1. The summed E-state index contributed by atoms with van der Waals surface area (Å²) in [4.78, 5) is 28.8. The van der Waals surface area contributed by atoms with E-state index in [0.717, 1.165) is 17.5 Å². The standard InChI is InChI=1S/C20H25N5O3/c1-4-7-21-20(27)25-11-16-18(12-25)28-17-8-13(14-9-22-23(2)10-14)5-6-15(17)19(26)24(16)3/h5-6,8-10,16,18H,4,7,11-12H2,1-3H3,(H,21,27). The van der Waals surface area contributed by atoms with E-state index in [1.165, 1.54) is 0 Å². The molecule has 3 amide bonds. The lowest BCUT2D eigenvalue weighted by atomic mass is 10.1. The van der Waals surface area contributed by atoms with Crippen molar-refractivity contribution in [1.29, 1.82) is 0 Å². The summed E-state index contributed by atoms with van der Waals surface area (Å²) in [6, 6.07) is 5.33. The van der Waals surface area contributed by atoms with Crippen molar-refractivity contribution in [3.05, 3.63) is 36.2 Å². The van der Waals surface area contributed by atoms with Crippen molar-refractivity contribution >= 4 is 11.9 Å². The molecule has 2 atom stereocenters. The largest absolute Gasteiger partial charge is 0.485 e. The highest BCUT2D eigenvalue weighted by molar-refractivity contribution is 5.98. The van der Waals surface area contributed by atoms with Crippen molar-refractivity contribution in [2.24, 2.45) is 7.05 Å². The number of ether oxygens (including phenoxy) is 1. The number of carbonyl (C=O) groups is 2. The van der Waals surface area contributed by atoms with Gasteiger partial charge in [0.15, 0.2) is 0 Å². The summed E-state index contributed by atoms with van der Waals surface area (Å²) in [5.74, 6) is 0.470. The number of nitrogens with one attached hydrogen (secondary N) is 1. The Balaban J connectivity index is 1.61. The molecule has 1 aromatic carbocycles. The van der Waals surface area contributed by atoms with Crippen LogP contribution in [0.1, 0.15) is 23.7 Å². The molecule has 0 radical (unpaired) electrons. The van der Waals surface area contributed by atoms with Crippen molar-refractivity contribution < 1.29 is 14.3 Å². The lowest BCUT2D eigenvalue weighted by molar-refractivity contribution is 0.0682. The maximum atomic E-state index is 13.0. The zero-order chi connectivity index (χ0) is 19.8. The summed E-state index contributed by atoms with van der Waals surface area (Å²) in [6.45, 7) is 3.57. The number of carbonyl (C=O) groups excluding carboxylic acids is 2. The van der Waals surface area contributed by atoms with Crippen LogP contribution >= 0.6 is 0 Å². The number of rotatable bonds is 3. The van der Waals surface area contributed by atoms with Crippen molar-refractivity contribution in [3.8, 4) is 16.9 Å². The predicted molar refractivity (Wildman–Crippen MR) is 104 cm³/mol. The lowest BCUT2D eigenvalue weighted by Gasteiger charge is -2.25. The molecule has 2 aliphatic rings. The van der Waals surface area contributed by atoms with Crippen molar-refractivity contribution in [3.63, 3.8) is 0 Å². The fourth-order valence-corrected chi connectivity index (χ4v) is 3.80. The molecule has 3 heterocycles. The van der Waals surface area contributed by atoms with Gasteiger partial charge >= 0.3 is 6.03 Å². The van der Waals surface area contributed by atoms with Crippen LogP contribution in [-0.2, 0) is 7.05 Å². The number of nitrogens with zero attached hydrogens (tertiary/aromatic N) is 4. The van der Waals surface area contributed by atoms with E-state index in [2.05, 4.69) is 10.4 Å². The average molecular weight is 383 g/mol. The fourth-order valence-electron chi connectivity index (χ4n) is 3.80. The Labute approximate surface area is 164 Å². The first-order valence-electron chi connectivity index (χ1n) is 9.57. The minimum atomic E-state index is -0.258. The van der Waals surface area contributed by atoms with Crippen molar-refractivity contribution in [2.45, 2.75) is 25.5 Å². The Hall–Kier alpha value is -3.03. The van der Waals surface area contributed by atoms with Gasteiger partial charge in [-0.15, -0.1) is 0 Å². The van der Waals surface area contributed by atoms with Crippen LogP contribution in [0, 0.1) is 0 Å². The number of fused-ring (bicyclic) bond motifs is 2. The molecule has 1 fully saturated rings. The van der Waals surface area contributed by atoms with Gasteiger partial charge < -0.3 is 19.9 Å². The van der Waals surface area contributed by atoms with Crippen LogP contribution in [0.25, 0.3) is 11.1 Å². The Kier molecular flexibility index (Phi) is 4.70. The van der Waals surface area contributed by atoms with Gasteiger partial charge in [-0.2, -0.15) is 5.10 Å². The maximum absolute atomic E-state index is 13.0. The highest BCUT2D eigenvalue weighted by Gasteiger charge is 2.43. The van der Waals surface area contributed by atoms with Crippen LogP contribution in [0.3, 0.4) is 0 Å². The quantitative estimate of drug-likeness (QED) is 0.875. The lowest BCUT2D eigenvalue weighted by Crippen LogP contribution is -2.44. The van der Waals surface area contributed by atoms with Gasteiger partial charge in [0, 0.05) is 38.9 Å². The number of hydrogen-bond donors (Lipinski definition) is 1. The third kappa shape index (κ3) is 3.19. The molecular formula is C20H25N5O3. The Morgan fingerprint density at radius 3 is 2.82 bits per heavy atom. The van der Waals surface area contributed by atoms with Crippen LogP contribution in [0.15, 0.2) is 30.6 Å². The molecule has 28 heavy (non-hydrogen) atoms. The number of urea groups is 1. The van der Waals surface area contributed by atoms with E-state index in [-0.39, 0.29) is 24.1 Å². The van der Waals surface area contributed by atoms with Gasteiger partial charge in [0.05, 0.1) is 24.3 Å². The molecule has 1 aromatic heterocycles. The molecule has 8 heteroatoms. The second-order valence-corrected chi connectivity index (χ2v) is 7.39. The van der Waals surface area contributed by atoms with Gasteiger partial charge in [0.25, 0.3) is 5.91 Å². The zero-order valence-electron chi connectivity index (χ0n) is 16.4. The Morgan fingerprint density at radius 1 is 1.29 bits per heavy atom. The van der Waals surface area contributed by atoms with Gasteiger partial charge in [-0.1, -0.05) is 13.0 Å². The molecule has 4 rings (SSSR count). The molecule has 0 spiro atoms. The number of hydrogen-bond acceptors (Lipinski definition) is 4. The topological polar surface area (TPSA) is 79.7 Å².